The summed E-state index contributed by atoms with van der Waals surface area (Å²) >= 11 is 0. The quantitative estimate of drug-likeness (QED) is 0.168. The minimum Gasteiger partial charge on any atom is -0.300 e. The third-order valence-electron chi connectivity index (χ3n) is 4.15. The molecule has 0 saturated heterocycles. The highest BCUT2D eigenvalue weighted by atomic mass is 16.1. The minimum atomic E-state index is 0.267. The molecule has 0 aliphatic rings. The van der Waals surface area contributed by atoms with E-state index in [4.69, 9.17) is 0 Å². The number of hydrogen-bond donors (Lipinski definition) is 0. The number of rotatable bonds is 17. The van der Waals surface area contributed by atoms with E-state index in [2.05, 4.69) is 19.1 Å². The first kappa shape index (κ1) is 22.8. The number of allylic oxidation sites excluding steroid dienone is 4. The molecule has 0 spiro atoms. The van der Waals surface area contributed by atoms with Crippen LogP contribution in [0.1, 0.15) is 104 Å². The molecule has 0 N–H and O–H groups in total. The monoisotopic (exact) mass is 334 g/mol. The largest absolute Gasteiger partial charge is 0.300 e. The molecule has 0 unspecified atom stereocenters. The van der Waals surface area contributed by atoms with E-state index < -0.39 is 0 Å². The van der Waals surface area contributed by atoms with Crippen LogP contribution in [-0.4, -0.2) is 11.6 Å². The van der Waals surface area contributed by atoms with Crippen molar-refractivity contribution < 1.29 is 9.59 Å². The van der Waals surface area contributed by atoms with Crippen LogP contribution in [-0.2, 0) is 9.59 Å². The molecule has 0 aliphatic carbocycles. The molecule has 138 valence electrons. The maximum Gasteiger partial charge on any atom is 0.155 e. The fourth-order valence-electron chi connectivity index (χ4n) is 2.66. The van der Waals surface area contributed by atoms with Gasteiger partial charge in [-0.1, -0.05) is 57.3 Å². The summed E-state index contributed by atoms with van der Waals surface area (Å²) in [6.45, 7) is 3.82. The standard InChI is InChI=1S/C22H38O2/c1-3-4-5-6-7-8-9-10-13-16-19-22(24)20-17-14-11-12-15-18-21(2)23/h4-5,16,19H,3,6-15,17-18,20H2,1-2H3/b5-4+,19-16+. The van der Waals surface area contributed by atoms with Crippen molar-refractivity contribution in [3.8, 4) is 0 Å². The predicted octanol–water partition coefficient (Wildman–Crippen LogP) is 6.74. The lowest BCUT2D eigenvalue weighted by Gasteiger charge is -1.99. The van der Waals surface area contributed by atoms with E-state index >= 15 is 0 Å². The molecule has 2 heteroatoms. The fourth-order valence-corrected chi connectivity index (χ4v) is 2.66. The summed E-state index contributed by atoms with van der Waals surface area (Å²) in [5.41, 5.74) is 0. The average Bonchev–Trinajstić information content (AvgIpc) is 2.55. The maximum absolute atomic E-state index is 11.7. The van der Waals surface area contributed by atoms with Gasteiger partial charge in [-0.25, -0.2) is 0 Å². The van der Waals surface area contributed by atoms with Gasteiger partial charge in [-0.15, -0.1) is 0 Å². The Morgan fingerprint density at radius 1 is 0.667 bits per heavy atom. The molecule has 0 amide bonds. The van der Waals surface area contributed by atoms with Gasteiger partial charge in [0.05, 0.1) is 0 Å². The van der Waals surface area contributed by atoms with E-state index in [-0.39, 0.29) is 11.6 Å². The lowest BCUT2D eigenvalue weighted by molar-refractivity contribution is -0.117. The van der Waals surface area contributed by atoms with Gasteiger partial charge in [-0.05, 0) is 57.9 Å². The molecule has 0 aromatic heterocycles. The van der Waals surface area contributed by atoms with E-state index in [0.29, 0.717) is 12.8 Å². The summed E-state index contributed by atoms with van der Waals surface area (Å²) in [5.74, 6) is 0.548. The van der Waals surface area contributed by atoms with E-state index in [1.165, 1.54) is 32.1 Å². The second kappa shape index (κ2) is 18.2. The highest BCUT2D eigenvalue weighted by Crippen LogP contribution is 2.09. The van der Waals surface area contributed by atoms with Gasteiger partial charge >= 0.3 is 0 Å². The van der Waals surface area contributed by atoms with Crippen molar-refractivity contribution >= 4 is 11.6 Å². The zero-order chi connectivity index (χ0) is 17.9. The first-order valence-electron chi connectivity index (χ1n) is 10.0. The van der Waals surface area contributed by atoms with Gasteiger partial charge in [-0.2, -0.15) is 0 Å². The summed E-state index contributed by atoms with van der Waals surface area (Å²) in [7, 11) is 0. The van der Waals surface area contributed by atoms with E-state index in [0.717, 1.165) is 44.9 Å². The van der Waals surface area contributed by atoms with Crippen LogP contribution in [0.2, 0.25) is 0 Å². The summed E-state index contributed by atoms with van der Waals surface area (Å²) in [4.78, 5) is 22.5. The Morgan fingerprint density at radius 3 is 1.83 bits per heavy atom. The lowest BCUT2D eigenvalue weighted by Crippen LogP contribution is -1.93. The molecule has 0 aliphatic heterocycles. The first-order valence-corrected chi connectivity index (χ1v) is 10.0. The number of hydrogen-bond acceptors (Lipinski definition) is 2. The van der Waals surface area contributed by atoms with Gasteiger partial charge in [-0.3, -0.25) is 4.79 Å². The Balaban J connectivity index is 3.33. The molecular weight excluding hydrogens is 296 g/mol. The summed E-state index contributed by atoms with van der Waals surface area (Å²) in [6, 6.07) is 0. The van der Waals surface area contributed by atoms with Crippen LogP contribution >= 0.6 is 0 Å². The number of carbonyl (C=O) groups is 2. The molecular formula is C22H38O2. The zero-order valence-corrected chi connectivity index (χ0v) is 16.0. The Kier molecular flexibility index (Phi) is 17.3. The van der Waals surface area contributed by atoms with Crippen molar-refractivity contribution in [2.75, 3.05) is 0 Å². The van der Waals surface area contributed by atoms with Crippen molar-refractivity contribution in [1.82, 2.24) is 0 Å². The Hall–Kier alpha value is -1.18. The molecule has 2 nitrogen and oxygen atoms in total. The second-order valence-electron chi connectivity index (χ2n) is 6.71. The number of ketones is 2. The molecule has 0 heterocycles. The SMILES string of the molecule is CC/C=C/CCCCCC/C=C/C(=O)CCCCCCCC(C)=O. The number of unbranched alkanes of at least 4 members (excludes halogenated alkanes) is 9. The predicted molar refractivity (Wildman–Crippen MR) is 104 cm³/mol. The van der Waals surface area contributed by atoms with Crippen molar-refractivity contribution in [2.24, 2.45) is 0 Å². The number of carbonyl (C=O) groups excluding carboxylic acids is 2. The van der Waals surface area contributed by atoms with Crippen LogP contribution < -0.4 is 0 Å². The molecule has 0 bridgehead atoms. The minimum absolute atomic E-state index is 0.267. The van der Waals surface area contributed by atoms with Gasteiger partial charge in [0.1, 0.15) is 5.78 Å². The van der Waals surface area contributed by atoms with Crippen molar-refractivity contribution in [3.63, 3.8) is 0 Å². The molecule has 0 atom stereocenters. The van der Waals surface area contributed by atoms with Crippen LogP contribution in [0.3, 0.4) is 0 Å². The molecule has 0 aromatic carbocycles. The van der Waals surface area contributed by atoms with E-state index in [1.807, 2.05) is 6.08 Å². The fraction of sp³-hybridized carbons (Fsp3) is 0.727. The van der Waals surface area contributed by atoms with Gasteiger partial charge in [0, 0.05) is 12.8 Å². The molecule has 0 saturated carbocycles. The summed E-state index contributed by atoms with van der Waals surface area (Å²) in [5, 5.41) is 0. The Labute approximate surface area is 149 Å². The first-order chi connectivity index (χ1) is 11.7. The summed E-state index contributed by atoms with van der Waals surface area (Å²) in [6.07, 6.45) is 23.4. The Bertz CT molecular complexity index is 366. The van der Waals surface area contributed by atoms with Crippen molar-refractivity contribution in [1.29, 1.82) is 0 Å². The van der Waals surface area contributed by atoms with E-state index in [1.54, 1.807) is 13.0 Å². The highest BCUT2D eigenvalue weighted by Gasteiger charge is 1.98. The van der Waals surface area contributed by atoms with Crippen LogP contribution in [0.5, 0.6) is 0 Å². The van der Waals surface area contributed by atoms with Gasteiger partial charge in [0.25, 0.3) is 0 Å². The van der Waals surface area contributed by atoms with E-state index in [9.17, 15) is 9.59 Å². The van der Waals surface area contributed by atoms with Crippen LogP contribution in [0.4, 0.5) is 0 Å². The van der Waals surface area contributed by atoms with Gasteiger partial charge in [0.2, 0.25) is 0 Å². The topological polar surface area (TPSA) is 34.1 Å². The van der Waals surface area contributed by atoms with Crippen LogP contribution in [0, 0.1) is 0 Å². The third-order valence-corrected chi connectivity index (χ3v) is 4.15. The van der Waals surface area contributed by atoms with Gasteiger partial charge < -0.3 is 4.79 Å². The van der Waals surface area contributed by atoms with Gasteiger partial charge in [0.15, 0.2) is 5.78 Å². The molecule has 0 aromatic rings. The molecule has 0 rings (SSSR count). The zero-order valence-electron chi connectivity index (χ0n) is 16.0. The van der Waals surface area contributed by atoms with Crippen LogP contribution in [0.15, 0.2) is 24.3 Å². The van der Waals surface area contributed by atoms with Crippen LogP contribution in [0.25, 0.3) is 0 Å². The molecule has 24 heavy (non-hydrogen) atoms. The number of Topliss-reactive ketones (excluding diaryl/α,β-unsaturated/α-hetero) is 1. The normalized spacial score (nSPS) is 11.6. The average molecular weight is 335 g/mol. The molecule has 0 radical (unpaired) electrons. The highest BCUT2D eigenvalue weighted by molar-refractivity contribution is 5.89. The molecule has 0 fully saturated rings. The van der Waals surface area contributed by atoms with Crippen molar-refractivity contribution in [3.05, 3.63) is 24.3 Å². The third kappa shape index (κ3) is 18.9. The lowest BCUT2D eigenvalue weighted by atomic mass is 10.1. The summed E-state index contributed by atoms with van der Waals surface area (Å²) < 4.78 is 0. The Morgan fingerprint density at radius 2 is 1.21 bits per heavy atom. The van der Waals surface area contributed by atoms with Crippen molar-refractivity contribution in [2.45, 2.75) is 104 Å². The maximum atomic E-state index is 11.7. The smallest absolute Gasteiger partial charge is 0.155 e. The second-order valence-corrected chi connectivity index (χ2v) is 6.71.